The molecular formula is C12H12O2S. The van der Waals surface area contributed by atoms with Crippen molar-refractivity contribution < 1.29 is 9.59 Å². The number of carbonyl (C=O) groups is 2. The average Bonchev–Trinajstić information content (AvgIpc) is 2.16. The fourth-order valence-electron chi connectivity index (χ4n) is 1.77. The Morgan fingerprint density at radius 3 is 2.93 bits per heavy atom. The Balaban J connectivity index is 2.23. The molecule has 2 nitrogen and oxygen atoms in total. The molecule has 2 rings (SSSR count). The SMILES string of the molecule is CC(=O)CC1CC(=O)c2ccccc2S1. The van der Waals surface area contributed by atoms with Gasteiger partial charge in [0.15, 0.2) is 5.78 Å². The zero-order valence-electron chi connectivity index (χ0n) is 8.53. The fourth-order valence-corrected chi connectivity index (χ4v) is 3.15. The molecule has 0 N–H and O–H groups in total. The van der Waals surface area contributed by atoms with Crippen LogP contribution in [0.5, 0.6) is 0 Å². The van der Waals surface area contributed by atoms with Gasteiger partial charge in [0.1, 0.15) is 5.78 Å². The monoisotopic (exact) mass is 220 g/mol. The molecular weight excluding hydrogens is 208 g/mol. The Morgan fingerprint density at radius 2 is 2.20 bits per heavy atom. The molecule has 1 heterocycles. The van der Waals surface area contributed by atoms with Crippen LogP contribution in [0.15, 0.2) is 29.2 Å². The van der Waals surface area contributed by atoms with Crippen molar-refractivity contribution in [1.82, 2.24) is 0 Å². The van der Waals surface area contributed by atoms with E-state index in [4.69, 9.17) is 0 Å². The molecule has 1 atom stereocenters. The maximum atomic E-state index is 11.8. The van der Waals surface area contributed by atoms with Crippen molar-refractivity contribution in [2.24, 2.45) is 0 Å². The van der Waals surface area contributed by atoms with Gasteiger partial charge in [0.05, 0.1) is 0 Å². The Bertz CT molecular complexity index is 412. The Morgan fingerprint density at radius 1 is 1.47 bits per heavy atom. The van der Waals surface area contributed by atoms with Gasteiger partial charge in [-0.1, -0.05) is 18.2 Å². The second kappa shape index (κ2) is 4.19. The summed E-state index contributed by atoms with van der Waals surface area (Å²) in [5.41, 5.74) is 0.808. The first-order valence-electron chi connectivity index (χ1n) is 4.95. The third-order valence-corrected chi connectivity index (χ3v) is 3.69. The molecule has 0 saturated heterocycles. The van der Waals surface area contributed by atoms with E-state index in [1.807, 2.05) is 24.3 Å². The summed E-state index contributed by atoms with van der Waals surface area (Å²) in [6.45, 7) is 1.57. The number of carbonyl (C=O) groups excluding carboxylic acids is 2. The van der Waals surface area contributed by atoms with E-state index in [1.54, 1.807) is 18.7 Å². The van der Waals surface area contributed by atoms with Crippen LogP contribution in [-0.4, -0.2) is 16.8 Å². The summed E-state index contributed by atoms with van der Waals surface area (Å²) in [6.07, 6.45) is 0.978. The number of rotatable bonds is 2. The summed E-state index contributed by atoms with van der Waals surface area (Å²) < 4.78 is 0. The second-order valence-corrected chi connectivity index (χ2v) is 5.11. The van der Waals surface area contributed by atoms with Gasteiger partial charge in [-0.3, -0.25) is 9.59 Å². The highest BCUT2D eigenvalue weighted by atomic mass is 32.2. The number of benzene rings is 1. The van der Waals surface area contributed by atoms with Gasteiger partial charge in [0, 0.05) is 28.6 Å². The molecule has 1 aliphatic rings. The maximum Gasteiger partial charge on any atom is 0.165 e. The van der Waals surface area contributed by atoms with Crippen LogP contribution in [0, 0.1) is 0 Å². The number of fused-ring (bicyclic) bond motifs is 1. The molecule has 1 aromatic rings. The van der Waals surface area contributed by atoms with E-state index in [-0.39, 0.29) is 16.8 Å². The molecule has 0 spiro atoms. The summed E-state index contributed by atoms with van der Waals surface area (Å²) in [7, 11) is 0. The highest BCUT2D eigenvalue weighted by Gasteiger charge is 2.25. The van der Waals surface area contributed by atoms with Gasteiger partial charge in [0.2, 0.25) is 0 Å². The van der Waals surface area contributed by atoms with Crippen LogP contribution in [0.2, 0.25) is 0 Å². The standard InChI is InChI=1S/C12H12O2S/c1-8(13)6-9-7-11(14)10-4-2-3-5-12(10)15-9/h2-5,9H,6-7H2,1H3. The zero-order valence-corrected chi connectivity index (χ0v) is 9.34. The van der Waals surface area contributed by atoms with E-state index in [1.165, 1.54) is 0 Å². The van der Waals surface area contributed by atoms with Gasteiger partial charge in [0.25, 0.3) is 0 Å². The highest BCUT2D eigenvalue weighted by molar-refractivity contribution is 8.00. The predicted molar refractivity (Wildman–Crippen MR) is 60.3 cm³/mol. The fraction of sp³-hybridized carbons (Fsp3) is 0.333. The number of hydrogen-bond donors (Lipinski definition) is 0. The van der Waals surface area contributed by atoms with Gasteiger partial charge in [-0.15, -0.1) is 11.8 Å². The Hall–Kier alpha value is -1.09. The molecule has 0 bridgehead atoms. The minimum absolute atomic E-state index is 0.130. The van der Waals surface area contributed by atoms with Gasteiger partial charge in [-0.05, 0) is 13.0 Å². The average molecular weight is 220 g/mol. The van der Waals surface area contributed by atoms with E-state index >= 15 is 0 Å². The molecule has 0 fully saturated rings. The lowest BCUT2D eigenvalue weighted by Crippen LogP contribution is -2.19. The van der Waals surface area contributed by atoms with Crippen LogP contribution in [0.4, 0.5) is 0 Å². The van der Waals surface area contributed by atoms with Crippen LogP contribution >= 0.6 is 11.8 Å². The van der Waals surface area contributed by atoms with Gasteiger partial charge >= 0.3 is 0 Å². The quantitative estimate of drug-likeness (QED) is 0.768. The normalized spacial score (nSPS) is 19.8. The first-order chi connectivity index (χ1) is 7.16. The van der Waals surface area contributed by atoms with Gasteiger partial charge in [-0.2, -0.15) is 0 Å². The van der Waals surface area contributed by atoms with Crippen LogP contribution in [-0.2, 0) is 4.79 Å². The molecule has 0 aliphatic carbocycles. The first-order valence-corrected chi connectivity index (χ1v) is 5.83. The van der Waals surface area contributed by atoms with Crippen LogP contribution in [0.25, 0.3) is 0 Å². The van der Waals surface area contributed by atoms with E-state index in [2.05, 4.69) is 0 Å². The highest BCUT2D eigenvalue weighted by Crippen LogP contribution is 2.36. The summed E-state index contributed by atoms with van der Waals surface area (Å²) in [5, 5.41) is 0.130. The molecule has 0 amide bonds. The first kappa shape index (κ1) is 10.4. The van der Waals surface area contributed by atoms with E-state index in [9.17, 15) is 9.59 Å². The molecule has 15 heavy (non-hydrogen) atoms. The van der Waals surface area contributed by atoms with Gasteiger partial charge < -0.3 is 0 Å². The number of Topliss-reactive ketones (excluding diaryl/α,β-unsaturated/α-hetero) is 2. The number of ketones is 2. The van der Waals surface area contributed by atoms with Gasteiger partial charge in [-0.25, -0.2) is 0 Å². The van der Waals surface area contributed by atoms with Crippen LogP contribution in [0.1, 0.15) is 30.1 Å². The van der Waals surface area contributed by atoms with Crippen molar-refractivity contribution in [3.05, 3.63) is 29.8 Å². The maximum absolute atomic E-state index is 11.8. The van der Waals surface area contributed by atoms with Crippen molar-refractivity contribution in [3.63, 3.8) is 0 Å². The zero-order chi connectivity index (χ0) is 10.8. The molecule has 0 radical (unpaired) electrons. The van der Waals surface area contributed by atoms with E-state index in [0.717, 1.165) is 10.5 Å². The predicted octanol–water partition coefficient (Wildman–Crippen LogP) is 2.71. The molecule has 78 valence electrons. The lowest BCUT2D eigenvalue weighted by atomic mass is 10.0. The molecule has 0 aromatic heterocycles. The molecule has 3 heteroatoms. The summed E-state index contributed by atoms with van der Waals surface area (Å²) >= 11 is 1.65. The second-order valence-electron chi connectivity index (χ2n) is 3.77. The van der Waals surface area contributed by atoms with E-state index in [0.29, 0.717) is 12.8 Å². The summed E-state index contributed by atoms with van der Waals surface area (Å²) in [5.74, 6) is 0.315. The van der Waals surface area contributed by atoms with Crippen LogP contribution < -0.4 is 0 Å². The smallest absolute Gasteiger partial charge is 0.165 e. The minimum Gasteiger partial charge on any atom is -0.300 e. The van der Waals surface area contributed by atoms with Crippen molar-refractivity contribution in [1.29, 1.82) is 0 Å². The lowest BCUT2D eigenvalue weighted by molar-refractivity contribution is -0.116. The molecule has 1 unspecified atom stereocenters. The number of hydrogen-bond acceptors (Lipinski definition) is 3. The third kappa shape index (κ3) is 2.29. The van der Waals surface area contributed by atoms with E-state index < -0.39 is 0 Å². The third-order valence-electron chi connectivity index (χ3n) is 2.41. The topological polar surface area (TPSA) is 34.1 Å². The molecule has 0 saturated carbocycles. The van der Waals surface area contributed by atoms with Crippen molar-refractivity contribution in [2.75, 3.05) is 0 Å². The summed E-state index contributed by atoms with van der Waals surface area (Å²) in [6, 6.07) is 7.61. The Labute approximate surface area is 93.1 Å². The molecule has 1 aromatic carbocycles. The van der Waals surface area contributed by atoms with Crippen molar-refractivity contribution >= 4 is 23.3 Å². The number of thioether (sulfide) groups is 1. The Kier molecular flexibility index (Phi) is 2.91. The summed E-state index contributed by atoms with van der Waals surface area (Å²) in [4.78, 5) is 23.8. The largest absolute Gasteiger partial charge is 0.300 e. The lowest BCUT2D eigenvalue weighted by Gasteiger charge is -2.21. The van der Waals surface area contributed by atoms with Crippen LogP contribution in [0.3, 0.4) is 0 Å². The van der Waals surface area contributed by atoms with Crippen molar-refractivity contribution in [2.45, 2.75) is 29.9 Å². The minimum atomic E-state index is 0.130. The molecule has 1 aliphatic heterocycles. The van der Waals surface area contributed by atoms with Crippen molar-refractivity contribution in [3.8, 4) is 0 Å².